The zero-order valence-electron chi connectivity index (χ0n) is 21.5. The van der Waals surface area contributed by atoms with E-state index in [1.165, 1.54) is 5.56 Å². The Morgan fingerprint density at radius 3 is 2.00 bits per heavy atom. The number of benzene rings is 2. The molecule has 0 radical (unpaired) electrons. The van der Waals surface area contributed by atoms with E-state index in [-0.39, 0.29) is 29.4 Å². The number of hydrogen-bond donors (Lipinski definition) is 1. The maximum Gasteiger partial charge on any atom is 0.261 e. The summed E-state index contributed by atoms with van der Waals surface area (Å²) in [5.41, 5.74) is 3.00. The first kappa shape index (κ1) is 26.4. The minimum atomic E-state index is -0.579. The van der Waals surface area contributed by atoms with Gasteiger partial charge in [0.1, 0.15) is 11.8 Å². The van der Waals surface area contributed by atoms with E-state index < -0.39 is 6.04 Å². The van der Waals surface area contributed by atoms with Crippen molar-refractivity contribution in [1.82, 2.24) is 10.2 Å². The molecular formula is C28H40N2O3. The van der Waals surface area contributed by atoms with E-state index >= 15 is 0 Å². The fourth-order valence-corrected chi connectivity index (χ4v) is 3.54. The van der Waals surface area contributed by atoms with Crippen LogP contribution in [0.3, 0.4) is 0 Å². The summed E-state index contributed by atoms with van der Waals surface area (Å²) in [5.74, 6) is 0.269. The summed E-state index contributed by atoms with van der Waals surface area (Å²) in [4.78, 5) is 28.0. The Morgan fingerprint density at radius 1 is 0.939 bits per heavy atom. The third-order valence-electron chi connectivity index (χ3n) is 5.44. The molecule has 0 saturated heterocycles. The van der Waals surface area contributed by atoms with Gasteiger partial charge in [0, 0.05) is 12.1 Å². The molecule has 1 N–H and O–H groups in total. The summed E-state index contributed by atoms with van der Waals surface area (Å²) in [6.07, 6.45) is 0.514. The molecule has 0 saturated carbocycles. The topological polar surface area (TPSA) is 58.6 Å². The van der Waals surface area contributed by atoms with Crippen LogP contribution in [0.5, 0.6) is 5.75 Å². The summed E-state index contributed by atoms with van der Waals surface area (Å²) in [6.45, 7) is 16.5. The number of carbonyl (C=O) groups excluding carboxylic acids is 2. The zero-order chi connectivity index (χ0) is 24.8. The van der Waals surface area contributed by atoms with Crippen molar-refractivity contribution in [2.45, 2.75) is 85.4 Å². The predicted molar refractivity (Wildman–Crippen MR) is 134 cm³/mol. The average Bonchev–Trinajstić information content (AvgIpc) is 2.71. The third-order valence-corrected chi connectivity index (χ3v) is 5.44. The van der Waals surface area contributed by atoms with Gasteiger partial charge in [0.2, 0.25) is 5.91 Å². The van der Waals surface area contributed by atoms with Crippen molar-refractivity contribution in [2.24, 2.45) is 0 Å². The number of nitrogens with one attached hydrogen (secondary N) is 1. The minimum absolute atomic E-state index is 0.0496. The second kappa shape index (κ2) is 10.9. The molecular weight excluding hydrogens is 412 g/mol. The highest BCUT2D eigenvalue weighted by atomic mass is 16.5. The number of ether oxygens (including phenoxy) is 1. The van der Waals surface area contributed by atoms with Gasteiger partial charge in [-0.15, -0.1) is 0 Å². The number of hydrogen-bond acceptors (Lipinski definition) is 3. The fraction of sp³-hybridized carbons (Fsp3) is 0.500. The Hall–Kier alpha value is -2.82. The van der Waals surface area contributed by atoms with E-state index in [4.69, 9.17) is 4.74 Å². The van der Waals surface area contributed by atoms with Crippen LogP contribution in [-0.4, -0.2) is 34.9 Å². The van der Waals surface area contributed by atoms with Crippen molar-refractivity contribution >= 4 is 11.8 Å². The molecule has 0 aromatic heterocycles. The molecule has 0 aliphatic heterocycles. The molecule has 0 aliphatic rings. The van der Waals surface area contributed by atoms with Crippen molar-refractivity contribution in [2.75, 3.05) is 6.61 Å². The lowest BCUT2D eigenvalue weighted by atomic mass is 9.87. The van der Waals surface area contributed by atoms with Crippen molar-refractivity contribution in [3.8, 4) is 5.75 Å². The van der Waals surface area contributed by atoms with Crippen LogP contribution in [0.2, 0.25) is 0 Å². The largest absolute Gasteiger partial charge is 0.484 e. The Balaban J connectivity index is 2.20. The fourth-order valence-electron chi connectivity index (χ4n) is 3.54. The maximum atomic E-state index is 13.3. The first-order valence-corrected chi connectivity index (χ1v) is 11.7. The molecule has 0 unspecified atom stereocenters. The first-order chi connectivity index (χ1) is 15.3. The van der Waals surface area contributed by atoms with Crippen LogP contribution in [-0.2, 0) is 21.5 Å². The summed E-state index contributed by atoms with van der Waals surface area (Å²) in [5, 5.41) is 3.02. The minimum Gasteiger partial charge on any atom is -0.484 e. The molecule has 0 fully saturated rings. The van der Waals surface area contributed by atoms with E-state index in [2.05, 4.69) is 26.1 Å². The number of aryl methyl sites for hydroxylation is 1. The number of rotatable bonds is 8. The van der Waals surface area contributed by atoms with E-state index in [9.17, 15) is 9.59 Å². The molecule has 2 aromatic carbocycles. The molecule has 0 bridgehead atoms. The second-order valence-electron chi connectivity index (χ2n) is 10.7. The van der Waals surface area contributed by atoms with Gasteiger partial charge in [-0.25, -0.2) is 0 Å². The normalized spacial score (nSPS) is 12.7. The summed E-state index contributed by atoms with van der Waals surface area (Å²) in [7, 11) is 0. The highest BCUT2D eigenvalue weighted by Crippen LogP contribution is 2.24. The van der Waals surface area contributed by atoms with E-state index in [0.717, 1.165) is 11.1 Å². The molecule has 0 heterocycles. The van der Waals surface area contributed by atoms with Gasteiger partial charge in [-0.3, -0.25) is 9.59 Å². The lowest BCUT2D eigenvalue weighted by molar-refractivity contribution is -0.143. The van der Waals surface area contributed by atoms with Gasteiger partial charge in [-0.05, 0) is 62.8 Å². The SMILES string of the molecule is CC[C@@H](C(=O)NC(C)(C)C)N(Cc1ccc(C)cc1)C(=O)COc1ccc(C(C)(C)C)cc1. The van der Waals surface area contributed by atoms with Crippen LogP contribution < -0.4 is 10.1 Å². The summed E-state index contributed by atoms with van der Waals surface area (Å²) in [6, 6.07) is 15.3. The number of carbonyl (C=O) groups is 2. The summed E-state index contributed by atoms with van der Waals surface area (Å²) < 4.78 is 5.83. The van der Waals surface area contributed by atoms with Crippen molar-refractivity contribution in [3.63, 3.8) is 0 Å². The zero-order valence-corrected chi connectivity index (χ0v) is 21.5. The highest BCUT2D eigenvalue weighted by molar-refractivity contribution is 5.88. The Morgan fingerprint density at radius 2 is 1.52 bits per heavy atom. The first-order valence-electron chi connectivity index (χ1n) is 11.7. The molecule has 5 heteroatoms. The Labute approximate surface area is 199 Å². The maximum absolute atomic E-state index is 13.3. The molecule has 180 valence electrons. The van der Waals surface area contributed by atoms with Gasteiger partial charge in [-0.1, -0.05) is 69.7 Å². The van der Waals surface area contributed by atoms with Gasteiger partial charge in [0.05, 0.1) is 0 Å². The predicted octanol–water partition coefficient (Wildman–Crippen LogP) is 5.39. The van der Waals surface area contributed by atoms with E-state index in [1.807, 2.05) is 83.1 Å². The van der Waals surface area contributed by atoms with Crippen LogP contribution >= 0.6 is 0 Å². The van der Waals surface area contributed by atoms with Crippen molar-refractivity contribution in [3.05, 3.63) is 65.2 Å². The molecule has 33 heavy (non-hydrogen) atoms. The average molecular weight is 453 g/mol. The van der Waals surface area contributed by atoms with Gasteiger partial charge in [0.25, 0.3) is 5.91 Å². The quantitative estimate of drug-likeness (QED) is 0.584. The molecule has 0 aliphatic carbocycles. The van der Waals surface area contributed by atoms with Crippen molar-refractivity contribution < 1.29 is 14.3 Å². The highest BCUT2D eigenvalue weighted by Gasteiger charge is 2.30. The number of nitrogens with zero attached hydrogens (tertiary/aromatic N) is 1. The third kappa shape index (κ3) is 8.23. The lowest BCUT2D eigenvalue weighted by Crippen LogP contribution is -2.54. The Kier molecular flexibility index (Phi) is 8.70. The van der Waals surface area contributed by atoms with Crippen molar-refractivity contribution in [1.29, 1.82) is 0 Å². The molecule has 0 spiro atoms. The summed E-state index contributed by atoms with van der Waals surface area (Å²) >= 11 is 0. The number of amides is 2. The van der Waals surface area contributed by atoms with E-state index in [0.29, 0.717) is 18.7 Å². The van der Waals surface area contributed by atoms with Gasteiger partial charge < -0.3 is 15.0 Å². The molecule has 2 aromatic rings. The molecule has 5 nitrogen and oxygen atoms in total. The van der Waals surface area contributed by atoms with Gasteiger partial charge >= 0.3 is 0 Å². The lowest BCUT2D eigenvalue weighted by Gasteiger charge is -2.33. The van der Waals surface area contributed by atoms with Gasteiger partial charge in [0.15, 0.2) is 6.61 Å². The van der Waals surface area contributed by atoms with Crippen LogP contribution in [0.25, 0.3) is 0 Å². The molecule has 1 atom stereocenters. The van der Waals surface area contributed by atoms with Crippen LogP contribution in [0.1, 0.15) is 71.6 Å². The van der Waals surface area contributed by atoms with Crippen LogP contribution in [0.4, 0.5) is 0 Å². The Bertz CT molecular complexity index is 920. The monoisotopic (exact) mass is 452 g/mol. The van der Waals surface area contributed by atoms with Crippen LogP contribution in [0.15, 0.2) is 48.5 Å². The van der Waals surface area contributed by atoms with E-state index in [1.54, 1.807) is 4.90 Å². The van der Waals surface area contributed by atoms with Crippen LogP contribution in [0, 0.1) is 6.92 Å². The van der Waals surface area contributed by atoms with Gasteiger partial charge in [-0.2, -0.15) is 0 Å². The molecule has 2 rings (SSSR count). The standard InChI is InChI=1S/C28H40N2O3/c1-9-24(26(32)29-28(6,7)8)30(18-21-12-10-20(2)11-13-21)25(31)19-33-23-16-14-22(15-17-23)27(3,4)5/h10-17,24H,9,18-19H2,1-8H3,(H,29,32)/t24-/m0/s1. The molecule has 2 amide bonds. The second-order valence-corrected chi connectivity index (χ2v) is 10.7. The smallest absolute Gasteiger partial charge is 0.261 e.